The van der Waals surface area contributed by atoms with Gasteiger partial charge in [-0.1, -0.05) is 6.92 Å². The van der Waals surface area contributed by atoms with Crippen LogP contribution in [-0.4, -0.2) is 67.3 Å². The minimum Gasteiger partial charge on any atom is -0.468 e. The van der Waals surface area contributed by atoms with Crippen LogP contribution < -0.4 is 4.90 Å². The average molecular weight is 545 g/mol. The van der Waals surface area contributed by atoms with Gasteiger partial charge in [0.05, 0.1) is 24.0 Å². The molecule has 1 aromatic heterocycles. The van der Waals surface area contributed by atoms with Gasteiger partial charge in [0.25, 0.3) is 0 Å². The lowest BCUT2D eigenvalue weighted by molar-refractivity contribution is -0.159. The fraction of sp³-hybridized carbons (Fsp3) is 0.720. The summed E-state index contributed by atoms with van der Waals surface area (Å²) in [5, 5.41) is 0. The predicted molar refractivity (Wildman–Crippen MR) is 134 cm³/mol. The van der Waals surface area contributed by atoms with Gasteiger partial charge in [-0.3, -0.25) is 14.5 Å². The molecule has 1 unspecified atom stereocenters. The van der Waals surface area contributed by atoms with Crippen molar-refractivity contribution in [3.8, 4) is 0 Å². The highest BCUT2D eigenvalue weighted by molar-refractivity contribution is 9.10. The molecule has 0 aromatic carbocycles. The van der Waals surface area contributed by atoms with E-state index in [1.54, 1.807) is 6.07 Å². The molecule has 1 fully saturated rings. The second-order valence-corrected chi connectivity index (χ2v) is 11.1. The van der Waals surface area contributed by atoms with E-state index in [0.717, 1.165) is 32.2 Å². The number of nitrogens with zero attached hydrogens (tertiary/aromatic N) is 3. The van der Waals surface area contributed by atoms with Gasteiger partial charge in [0.1, 0.15) is 11.4 Å². The number of anilines is 1. The molecule has 0 N–H and O–H groups in total. The number of carbonyl (C=O) groups excluding carboxylic acids is 2. The number of esters is 2. The van der Waals surface area contributed by atoms with Gasteiger partial charge in [0.15, 0.2) is 0 Å². The summed E-state index contributed by atoms with van der Waals surface area (Å²) in [6.45, 7) is 9.10. The molecule has 0 amide bonds. The van der Waals surface area contributed by atoms with Gasteiger partial charge in [0, 0.05) is 19.6 Å². The van der Waals surface area contributed by atoms with Crippen LogP contribution in [0.25, 0.3) is 0 Å². The van der Waals surface area contributed by atoms with E-state index in [-0.39, 0.29) is 30.4 Å². The first kappa shape index (κ1) is 28.5. The maximum Gasteiger partial charge on any atom is 0.319 e. The van der Waals surface area contributed by atoms with Gasteiger partial charge in [0.2, 0.25) is 5.95 Å². The SMILES string of the molecule is COC(=O)CN(CCC(C)C(=O)OC(C)(C)C)C1CCC(CN(C)c2ccc(Br)c(F)n2)CC1. The van der Waals surface area contributed by atoms with Crippen LogP contribution in [-0.2, 0) is 19.1 Å². The molecule has 192 valence electrons. The summed E-state index contributed by atoms with van der Waals surface area (Å²) in [4.78, 5) is 32.6. The lowest BCUT2D eigenvalue weighted by atomic mass is 9.84. The third-order valence-electron chi connectivity index (χ3n) is 6.26. The van der Waals surface area contributed by atoms with Crippen molar-refractivity contribution in [2.24, 2.45) is 11.8 Å². The first-order valence-corrected chi connectivity index (χ1v) is 12.8. The van der Waals surface area contributed by atoms with E-state index < -0.39 is 11.5 Å². The minimum atomic E-state index is -0.514. The quantitative estimate of drug-likeness (QED) is 0.309. The molecule has 34 heavy (non-hydrogen) atoms. The van der Waals surface area contributed by atoms with Crippen molar-refractivity contribution in [3.05, 3.63) is 22.6 Å². The van der Waals surface area contributed by atoms with Crippen LogP contribution in [0.2, 0.25) is 0 Å². The molecule has 1 atom stereocenters. The van der Waals surface area contributed by atoms with Crippen LogP contribution >= 0.6 is 15.9 Å². The number of methoxy groups -OCH3 is 1. The van der Waals surface area contributed by atoms with Gasteiger partial charge in [-0.25, -0.2) is 4.98 Å². The maximum atomic E-state index is 13.8. The number of ether oxygens (including phenoxy) is 2. The second kappa shape index (κ2) is 12.8. The zero-order valence-electron chi connectivity index (χ0n) is 21.3. The van der Waals surface area contributed by atoms with E-state index >= 15 is 0 Å². The zero-order valence-corrected chi connectivity index (χ0v) is 22.9. The fourth-order valence-electron chi connectivity index (χ4n) is 4.29. The van der Waals surface area contributed by atoms with Gasteiger partial charge < -0.3 is 14.4 Å². The largest absolute Gasteiger partial charge is 0.468 e. The molecule has 0 spiro atoms. The van der Waals surface area contributed by atoms with E-state index in [1.807, 2.05) is 45.7 Å². The maximum absolute atomic E-state index is 13.8. The summed E-state index contributed by atoms with van der Waals surface area (Å²) >= 11 is 3.14. The molecule has 1 aliphatic carbocycles. The molecule has 0 radical (unpaired) electrons. The molecule has 0 aliphatic heterocycles. The summed E-state index contributed by atoms with van der Waals surface area (Å²) in [7, 11) is 3.33. The molecule has 1 aliphatic rings. The lowest BCUT2D eigenvalue weighted by Gasteiger charge is -2.38. The molecule has 2 rings (SSSR count). The highest BCUT2D eigenvalue weighted by atomic mass is 79.9. The molecule has 0 saturated heterocycles. The summed E-state index contributed by atoms with van der Waals surface area (Å²) in [6.07, 6.45) is 4.55. The Balaban J connectivity index is 1.91. The molecule has 9 heteroatoms. The average Bonchev–Trinajstić information content (AvgIpc) is 2.77. The van der Waals surface area contributed by atoms with Crippen molar-refractivity contribution in [2.45, 2.75) is 71.4 Å². The van der Waals surface area contributed by atoms with Crippen LogP contribution in [0.4, 0.5) is 10.2 Å². The minimum absolute atomic E-state index is 0.213. The number of hydrogen-bond acceptors (Lipinski definition) is 7. The second-order valence-electron chi connectivity index (χ2n) is 10.3. The van der Waals surface area contributed by atoms with Gasteiger partial charge in [-0.15, -0.1) is 0 Å². The van der Waals surface area contributed by atoms with Crippen molar-refractivity contribution in [1.29, 1.82) is 0 Å². The van der Waals surface area contributed by atoms with Crippen molar-refractivity contribution in [3.63, 3.8) is 0 Å². The van der Waals surface area contributed by atoms with E-state index in [2.05, 4.69) is 25.8 Å². The molecule has 0 bridgehead atoms. The highest BCUT2D eigenvalue weighted by Gasteiger charge is 2.29. The first-order valence-electron chi connectivity index (χ1n) is 12.0. The van der Waals surface area contributed by atoms with Gasteiger partial charge >= 0.3 is 11.9 Å². The molecule has 1 saturated carbocycles. The van der Waals surface area contributed by atoms with Gasteiger partial charge in [-0.05, 0) is 93.4 Å². The fourth-order valence-corrected chi connectivity index (χ4v) is 4.52. The number of aromatic nitrogens is 1. The zero-order chi connectivity index (χ0) is 25.5. The van der Waals surface area contributed by atoms with Crippen LogP contribution in [0.1, 0.15) is 59.8 Å². The van der Waals surface area contributed by atoms with E-state index in [1.165, 1.54) is 7.11 Å². The van der Waals surface area contributed by atoms with Crippen molar-refractivity contribution >= 4 is 33.7 Å². The molecule has 7 nitrogen and oxygen atoms in total. The van der Waals surface area contributed by atoms with Gasteiger partial charge in [-0.2, -0.15) is 4.39 Å². The number of hydrogen-bond donors (Lipinski definition) is 0. The molecule has 1 aromatic rings. The predicted octanol–water partition coefficient (Wildman–Crippen LogP) is 4.82. The number of halogens is 2. The monoisotopic (exact) mass is 543 g/mol. The summed E-state index contributed by atoms with van der Waals surface area (Å²) in [5.74, 6) is -0.151. The third-order valence-corrected chi connectivity index (χ3v) is 6.85. The van der Waals surface area contributed by atoms with Crippen LogP contribution in [0.5, 0.6) is 0 Å². The Labute approximate surface area is 211 Å². The Bertz CT molecular complexity index is 825. The topological polar surface area (TPSA) is 72.0 Å². The summed E-state index contributed by atoms with van der Waals surface area (Å²) in [6, 6.07) is 3.74. The van der Waals surface area contributed by atoms with Crippen LogP contribution in [0.15, 0.2) is 16.6 Å². The molecule has 1 heterocycles. The Morgan fingerprint density at radius 1 is 1.24 bits per heavy atom. The summed E-state index contributed by atoms with van der Waals surface area (Å²) < 4.78 is 24.6. The van der Waals surface area contributed by atoms with Crippen molar-refractivity contribution < 1.29 is 23.5 Å². The van der Waals surface area contributed by atoms with E-state index in [9.17, 15) is 14.0 Å². The normalized spacial score (nSPS) is 19.6. The third kappa shape index (κ3) is 9.13. The van der Waals surface area contributed by atoms with E-state index in [4.69, 9.17) is 9.47 Å². The molecular formula is C25H39BrFN3O4. The Hall–Kier alpha value is -1.74. The van der Waals surface area contributed by atoms with Crippen LogP contribution in [0.3, 0.4) is 0 Å². The Kier molecular flexibility index (Phi) is 10.7. The van der Waals surface area contributed by atoms with Crippen molar-refractivity contribution in [2.75, 3.05) is 38.7 Å². The smallest absolute Gasteiger partial charge is 0.319 e. The van der Waals surface area contributed by atoms with Crippen LogP contribution in [0, 0.1) is 17.8 Å². The lowest BCUT2D eigenvalue weighted by Crippen LogP contribution is -2.44. The summed E-state index contributed by atoms with van der Waals surface area (Å²) in [5.41, 5.74) is -0.514. The first-order chi connectivity index (χ1) is 15.9. The Morgan fingerprint density at radius 3 is 2.44 bits per heavy atom. The van der Waals surface area contributed by atoms with E-state index in [0.29, 0.717) is 29.2 Å². The van der Waals surface area contributed by atoms with Crippen molar-refractivity contribution in [1.82, 2.24) is 9.88 Å². The highest BCUT2D eigenvalue weighted by Crippen LogP contribution is 2.30. The standard InChI is InChI=1S/C25H39BrFN3O4/c1-17(24(32)34-25(2,3)4)13-14-30(16-22(31)33-6)19-9-7-18(8-10-19)15-29(5)21-12-11-20(26)23(27)28-21/h11-12,17-19H,7-10,13-16H2,1-6H3. The number of pyridine rings is 1. The number of carbonyl (C=O) groups is 2. The number of rotatable bonds is 10. The molecular weight excluding hydrogens is 505 g/mol. The Morgan fingerprint density at radius 2 is 1.88 bits per heavy atom.